The predicted octanol–water partition coefficient (Wildman–Crippen LogP) is 2.44. The van der Waals surface area contributed by atoms with E-state index in [9.17, 15) is 14.4 Å². The first kappa shape index (κ1) is 20.5. The van der Waals surface area contributed by atoms with Gasteiger partial charge in [0.15, 0.2) is 5.92 Å². The highest BCUT2D eigenvalue weighted by Crippen LogP contribution is 2.11. The minimum absolute atomic E-state index is 0.181. The largest absolute Gasteiger partial charge is 0.465 e. The fraction of sp³-hybridized carbons (Fsp3) is 0.500. The lowest BCUT2D eigenvalue weighted by Crippen LogP contribution is -2.30. The Bertz CT molecular complexity index is 528. The van der Waals surface area contributed by atoms with Crippen LogP contribution in [0.4, 0.5) is 4.79 Å². The fourth-order valence-corrected chi connectivity index (χ4v) is 2.09. The molecule has 0 saturated heterocycles. The van der Waals surface area contributed by atoms with Crippen molar-refractivity contribution >= 4 is 18.0 Å². The number of rotatable bonds is 10. The van der Waals surface area contributed by atoms with Crippen molar-refractivity contribution in [1.82, 2.24) is 5.32 Å². The molecule has 0 aliphatic heterocycles. The third-order valence-electron chi connectivity index (χ3n) is 3.29. The van der Waals surface area contributed by atoms with Gasteiger partial charge in [-0.15, -0.1) is 0 Å². The van der Waals surface area contributed by atoms with Gasteiger partial charge in [-0.2, -0.15) is 0 Å². The van der Waals surface area contributed by atoms with Crippen LogP contribution in [0.15, 0.2) is 30.3 Å². The summed E-state index contributed by atoms with van der Waals surface area (Å²) in [5, 5.41) is 2.58. The zero-order chi connectivity index (χ0) is 18.5. The summed E-state index contributed by atoms with van der Waals surface area (Å²) in [7, 11) is 0. The Balaban J connectivity index is 2.31. The molecule has 0 radical (unpaired) electrons. The zero-order valence-corrected chi connectivity index (χ0v) is 14.7. The van der Waals surface area contributed by atoms with Crippen molar-refractivity contribution < 1.29 is 28.6 Å². The number of amides is 1. The molecule has 1 rings (SSSR count). The lowest BCUT2D eigenvalue weighted by atomic mass is 10.0. The lowest BCUT2D eigenvalue weighted by Gasteiger charge is -2.14. The first-order valence-corrected chi connectivity index (χ1v) is 8.36. The Morgan fingerprint density at radius 1 is 0.960 bits per heavy atom. The van der Waals surface area contributed by atoms with E-state index in [1.807, 2.05) is 30.3 Å². The van der Waals surface area contributed by atoms with E-state index in [4.69, 9.17) is 14.2 Å². The minimum atomic E-state index is -0.970. The van der Waals surface area contributed by atoms with E-state index in [2.05, 4.69) is 5.32 Å². The molecule has 7 nitrogen and oxygen atoms in total. The van der Waals surface area contributed by atoms with Crippen molar-refractivity contribution in [1.29, 1.82) is 0 Å². The van der Waals surface area contributed by atoms with E-state index in [0.29, 0.717) is 6.42 Å². The lowest BCUT2D eigenvalue weighted by molar-refractivity contribution is -0.161. The quantitative estimate of drug-likeness (QED) is 0.301. The third-order valence-corrected chi connectivity index (χ3v) is 3.29. The van der Waals surface area contributed by atoms with Crippen LogP contribution in [0.1, 0.15) is 32.3 Å². The predicted molar refractivity (Wildman–Crippen MR) is 90.6 cm³/mol. The average molecular weight is 351 g/mol. The van der Waals surface area contributed by atoms with E-state index in [0.717, 1.165) is 5.56 Å². The maximum Gasteiger partial charge on any atom is 0.407 e. The van der Waals surface area contributed by atoms with Gasteiger partial charge >= 0.3 is 18.0 Å². The van der Waals surface area contributed by atoms with Crippen LogP contribution in [0.2, 0.25) is 0 Å². The molecule has 0 aliphatic rings. The summed E-state index contributed by atoms with van der Waals surface area (Å²) in [6.45, 7) is 4.19. The second-order valence-electron chi connectivity index (χ2n) is 5.19. The number of hydrogen-bond acceptors (Lipinski definition) is 6. The standard InChI is InChI=1S/C18H25NO6/c1-3-23-16(20)15(17(21)24-4-2)11-8-12-19-18(22)25-13-14-9-6-5-7-10-14/h5-7,9-10,15H,3-4,8,11-13H2,1-2H3,(H,19,22). The molecule has 25 heavy (non-hydrogen) atoms. The van der Waals surface area contributed by atoms with Crippen molar-refractivity contribution in [3.05, 3.63) is 35.9 Å². The summed E-state index contributed by atoms with van der Waals surface area (Å²) in [4.78, 5) is 35.2. The van der Waals surface area contributed by atoms with E-state index in [1.165, 1.54) is 0 Å². The maximum absolute atomic E-state index is 11.8. The second kappa shape index (κ2) is 11.9. The van der Waals surface area contributed by atoms with Crippen LogP contribution in [0, 0.1) is 5.92 Å². The van der Waals surface area contributed by atoms with Crippen LogP contribution in [0.25, 0.3) is 0 Å². The smallest absolute Gasteiger partial charge is 0.407 e. The van der Waals surface area contributed by atoms with Crippen molar-refractivity contribution in [2.75, 3.05) is 19.8 Å². The van der Waals surface area contributed by atoms with Gasteiger partial charge in [0, 0.05) is 6.54 Å². The summed E-state index contributed by atoms with van der Waals surface area (Å²) in [6, 6.07) is 9.32. The van der Waals surface area contributed by atoms with Gasteiger partial charge in [-0.05, 0) is 32.3 Å². The fourth-order valence-electron chi connectivity index (χ4n) is 2.09. The molecule has 0 atom stereocenters. The first-order chi connectivity index (χ1) is 12.1. The number of nitrogens with one attached hydrogen (secondary N) is 1. The third kappa shape index (κ3) is 8.19. The van der Waals surface area contributed by atoms with Gasteiger partial charge in [0.05, 0.1) is 13.2 Å². The molecule has 0 bridgehead atoms. The highest BCUT2D eigenvalue weighted by Gasteiger charge is 2.28. The molecule has 0 saturated carbocycles. The highest BCUT2D eigenvalue weighted by atomic mass is 16.6. The number of carbonyl (C=O) groups is 3. The Kier molecular flexibility index (Phi) is 9.74. The molecule has 0 aromatic heterocycles. The molecular formula is C18H25NO6. The van der Waals surface area contributed by atoms with E-state index < -0.39 is 23.9 Å². The van der Waals surface area contributed by atoms with Gasteiger partial charge in [0.1, 0.15) is 6.61 Å². The molecule has 0 fully saturated rings. The summed E-state index contributed by atoms with van der Waals surface area (Å²) in [6.07, 6.45) is 0.104. The number of carbonyl (C=O) groups excluding carboxylic acids is 3. The van der Waals surface area contributed by atoms with Gasteiger partial charge in [0.2, 0.25) is 0 Å². The number of benzene rings is 1. The molecule has 0 heterocycles. The molecule has 1 amide bonds. The maximum atomic E-state index is 11.8. The molecule has 0 aliphatic carbocycles. The molecule has 1 aromatic rings. The number of hydrogen-bond donors (Lipinski definition) is 1. The number of esters is 2. The Labute approximate surface area is 147 Å². The second-order valence-corrected chi connectivity index (χ2v) is 5.19. The van der Waals surface area contributed by atoms with Gasteiger partial charge in [-0.1, -0.05) is 30.3 Å². The highest BCUT2D eigenvalue weighted by molar-refractivity contribution is 5.94. The Morgan fingerprint density at radius 2 is 1.56 bits per heavy atom. The van der Waals surface area contributed by atoms with Crippen LogP contribution in [0.3, 0.4) is 0 Å². The van der Waals surface area contributed by atoms with Crippen LogP contribution in [-0.4, -0.2) is 37.8 Å². The van der Waals surface area contributed by atoms with Crippen molar-refractivity contribution in [3.63, 3.8) is 0 Å². The van der Waals surface area contributed by atoms with Crippen LogP contribution < -0.4 is 5.32 Å². The molecule has 0 spiro atoms. The van der Waals surface area contributed by atoms with E-state index in [1.54, 1.807) is 13.8 Å². The summed E-state index contributed by atoms with van der Waals surface area (Å²) in [5.74, 6) is -2.18. The van der Waals surface area contributed by atoms with Gasteiger partial charge in [0.25, 0.3) is 0 Å². The molecule has 1 N–H and O–H groups in total. The van der Waals surface area contributed by atoms with Crippen molar-refractivity contribution in [3.8, 4) is 0 Å². The van der Waals surface area contributed by atoms with Crippen molar-refractivity contribution in [2.24, 2.45) is 5.92 Å². The SMILES string of the molecule is CCOC(=O)C(CCCNC(=O)OCc1ccccc1)C(=O)OCC. The van der Waals surface area contributed by atoms with Crippen molar-refractivity contribution in [2.45, 2.75) is 33.3 Å². The average Bonchev–Trinajstić information content (AvgIpc) is 2.61. The van der Waals surface area contributed by atoms with Gasteiger partial charge in [-0.25, -0.2) is 4.79 Å². The molecule has 7 heteroatoms. The summed E-state index contributed by atoms with van der Waals surface area (Å²) < 4.78 is 14.8. The monoisotopic (exact) mass is 351 g/mol. The molecule has 0 unspecified atom stereocenters. The van der Waals surface area contributed by atoms with E-state index >= 15 is 0 Å². The zero-order valence-electron chi connectivity index (χ0n) is 14.7. The summed E-state index contributed by atoms with van der Waals surface area (Å²) >= 11 is 0. The minimum Gasteiger partial charge on any atom is -0.465 e. The van der Waals surface area contributed by atoms with Crippen LogP contribution >= 0.6 is 0 Å². The van der Waals surface area contributed by atoms with Crippen LogP contribution in [-0.2, 0) is 30.4 Å². The molecule has 138 valence electrons. The van der Waals surface area contributed by atoms with Gasteiger partial charge in [-0.3, -0.25) is 9.59 Å². The normalized spacial score (nSPS) is 10.2. The van der Waals surface area contributed by atoms with Gasteiger partial charge < -0.3 is 19.5 Å². The molecular weight excluding hydrogens is 326 g/mol. The topological polar surface area (TPSA) is 90.9 Å². The Morgan fingerprint density at radius 3 is 2.12 bits per heavy atom. The van der Waals surface area contributed by atoms with Crippen LogP contribution in [0.5, 0.6) is 0 Å². The Hall–Kier alpha value is -2.57. The number of ether oxygens (including phenoxy) is 3. The number of alkyl carbamates (subject to hydrolysis) is 1. The summed E-state index contributed by atoms with van der Waals surface area (Å²) in [5.41, 5.74) is 0.891. The first-order valence-electron chi connectivity index (χ1n) is 8.36. The van der Waals surface area contributed by atoms with E-state index in [-0.39, 0.29) is 32.8 Å². The molecule has 1 aromatic carbocycles.